The van der Waals surface area contributed by atoms with Gasteiger partial charge in [-0.1, -0.05) is 61.5 Å². The summed E-state index contributed by atoms with van der Waals surface area (Å²) >= 11 is 0. The molecule has 4 aliphatic rings. The topological polar surface area (TPSA) is 110 Å². The van der Waals surface area contributed by atoms with Crippen molar-refractivity contribution in [3.63, 3.8) is 0 Å². The second-order valence-corrected chi connectivity index (χ2v) is 17.5. The van der Waals surface area contributed by atoms with E-state index in [1.165, 1.54) is 14.7 Å². The molecule has 0 heterocycles. The zero-order valence-electron chi connectivity index (χ0n) is 27.7. The highest BCUT2D eigenvalue weighted by Gasteiger charge is 2.64. The van der Waals surface area contributed by atoms with Crippen LogP contribution < -0.4 is 0 Å². The van der Waals surface area contributed by atoms with Gasteiger partial charge in [0.1, 0.15) is 5.60 Å². The molecule has 0 spiro atoms. The number of alkyl halides is 3. The van der Waals surface area contributed by atoms with Gasteiger partial charge in [-0.3, -0.25) is 9.59 Å². The van der Waals surface area contributed by atoms with Crippen LogP contribution in [0.1, 0.15) is 65.7 Å². The maximum atomic E-state index is 13.9. The molecule has 7 nitrogen and oxygen atoms in total. The number of rotatable bonds is 10. The fourth-order valence-electron chi connectivity index (χ4n) is 7.49. The standard InChI is InChI=1S/C19H27F3O7S.C18H15S/c1-4-16(2,3)14(23)29-18-8-11-5-12(9-18)7-17(6-11,10-18)15(24)28-13(20)19(21,22)30(25,26)27;1-4-10-16(11-5-1)19(17-12-6-2-7-13-17)18-14-8-3-9-15-18/h11-13H,4-10H2,1-3H3,(H,25,26,27);1-15H/q;+1/p-1. The van der Waals surface area contributed by atoms with E-state index in [4.69, 9.17) is 4.74 Å². The molecule has 4 aliphatic carbocycles. The molecule has 0 aliphatic heterocycles. The zero-order chi connectivity index (χ0) is 35.7. The van der Waals surface area contributed by atoms with E-state index < -0.39 is 50.1 Å². The van der Waals surface area contributed by atoms with E-state index in [0.717, 1.165) is 6.42 Å². The summed E-state index contributed by atoms with van der Waals surface area (Å²) in [6.07, 6.45) is -1.05. The average Bonchev–Trinajstić information content (AvgIpc) is 3.05. The summed E-state index contributed by atoms with van der Waals surface area (Å²) in [7, 11) is -6.37. The number of hydrogen-bond donors (Lipinski definition) is 0. The van der Waals surface area contributed by atoms with E-state index in [0.29, 0.717) is 19.3 Å². The Morgan fingerprint density at radius 1 is 0.857 bits per heavy atom. The molecule has 0 saturated heterocycles. The highest BCUT2D eigenvalue weighted by molar-refractivity contribution is 7.97. The lowest BCUT2D eigenvalue weighted by Crippen LogP contribution is -2.61. The molecule has 0 N–H and O–H groups in total. The smallest absolute Gasteiger partial charge is 0.399 e. The molecule has 0 radical (unpaired) electrons. The summed E-state index contributed by atoms with van der Waals surface area (Å²) in [5.74, 6) is -1.80. The molecule has 3 aromatic rings. The summed E-state index contributed by atoms with van der Waals surface area (Å²) < 4.78 is 82.7. The Hall–Kier alpha value is -3.35. The normalized spacial score (nSPS) is 25.2. The average molecular weight is 719 g/mol. The van der Waals surface area contributed by atoms with Gasteiger partial charge in [0.05, 0.1) is 21.7 Å². The largest absolute Gasteiger partial charge is 0.743 e. The van der Waals surface area contributed by atoms with Crippen molar-refractivity contribution in [3.05, 3.63) is 91.0 Å². The van der Waals surface area contributed by atoms with Crippen molar-refractivity contribution in [1.82, 2.24) is 0 Å². The lowest BCUT2D eigenvalue weighted by atomic mass is 9.48. The van der Waals surface area contributed by atoms with Crippen molar-refractivity contribution >= 4 is 33.0 Å². The SMILES string of the molecule is CCC(C)(C)C(=O)OC12CC3CC(C1)CC(C(=O)OC(F)C(F)(F)S(=O)(=O)[O-])(C3)C2.c1ccc([S+](c2ccccc2)c2ccccc2)cc1. The van der Waals surface area contributed by atoms with Gasteiger partial charge in [0.25, 0.3) is 0 Å². The Bertz CT molecular complexity index is 1610. The van der Waals surface area contributed by atoms with E-state index in [1.54, 1.807) is 13.8 Å². The minimum atomic E-state index is -6.36. The Kier molecular flexibility index (Phi) is 10.6. The van der Waals surface area contributed by atoms with Crippen LogP contribution >= 0.6 is 0 Å². The minimum absolute atomic E-state index is 0.000214. The minimum Gasteiger partial charge on any atom is -0.743 e. The lowest BCUT2D eigenvalue weighted by Gasteiger charge is -2.60. The quantitative estimate of drug-likeness (QED) is 0.119. The molecule has 0 amide bonds. The Morgan fingerprint density at radius 3 is 1.67 bits per heavy atom. The van der Waals surface area contributed by atoms with Crippen molar-refractivity contribution in [2.24, 2.45) is 22.7 Å². The molecule has 0 aromatic heterocycles. The van der Waals surface area contributed by atoms with E-state index in [2.05, 4.69) is 95.7 Å². The highest BCUT2D eigenvalue weighted by atomic mass is 32.2. The lowest BCUT2D eigenvalue weighted by molar-refractivity contribution is -0.230. The first-order valence-electron chi connectivity index (χ1n) is 16.3. The van der Waals surface area contributed by atoms with Gasteiger partial charge in [0.2, 0.25) is 0 Å². The molecule has 3 unspecified atom stereocenters. The van der Waals surface area contributed by atoms with E-state index in [1.807, 2.05) is 6.92 Å². The van der Waals surface area contributed by atoms with Crippen LogP contribution in [0.3, 0.4) is 0 Å². The van der Waals surface area contributed by atoms with Crippen molar-refractivity contribution in [1.29, 1.82) is 0 Å². The fourth-order valence-corrected chi connectivity index (χ4v) is 9.87. The molecule has 4 bridgehead atoms. The highest BCUT2D eigenvalue weighted by Crippen LogP contribution is 2.63. The maximum absolute atomic E-state index is 13.9. The van der Waals surface area contributed by atoms with Crippen LogP contribution in [0, 0.1) is 22.7 Å². The summed E-state index contributed by atoms with van der Waals surface area (Å²) in [5.41, 5.74) is -3.06. The third-order valence-electron chi connectivity index (χ3n) is 9.93. The van der Waals surface area contributed by atoms with Gasteiger partial charge in [-0.25, -0.2) is 8.42 Å². The predicted molar refractivity (Wildman–Crippen MR) is 177 cm³/mol. The second kappa shape index (κ2) is 14.1. The third-order valence-corrected chi connectivity index (χ3v) is 13.0. The zero-order valence-corrected chi connectivity index (χ0v) is 29.3. The Labute approximate surface area is 288 Å². The maximum Gasteiger partial charge on any atom is 0.399 e. The number of esters is 2. The number of carbonyl (C=O) groups excluding carboxylic acids is 2. The number of carbonyl (C=O) groups is 2. The number of hydrogen-bond acceptors (Lipinski definition) is 7. The van der Waals surface area contributed by atoms with Crippen LogP contribution in [0.15, 0.2) is 106 Å². The van der Waals surface area contributed by atoms with Crippen LogP contribution in [0.25, 0.3) is 0 Å². The van der Waals surface area contributed by atoms with Crippen molar-refractivity contribution in [2.75, 3.05) is 0 Å². The van der Waals surface area contributed by atoms with Crippen molar-refractivity contribution < 1.29 is 45.2 Å². The summed E-state index contributed by atoms with van der Waals surface area (Å²) in [6, 6.07) is 32.2. The van der Waals surface area contributed by atoms with Crippen LogP contribution in [-0.2, 0) is 40.1 Å². The Balaban J connectivity index is 0.000000211. The first kappa shape index (κ1) is 36.9. The van der Waals surface area contributed by atoms with Crippen LogP contribution in [0.2, 0.25) is 0 Å². The van der Waals surface area contributed by atoms with Gasteiger partial charge in [0.15, 0.2) is 24.8 Å². The van der Waals surface area contributed by atoms with E-state index in [-0.39, 0.29) is 42.0 Å². The molecule has 3 atom stereocenters. The van der Waals surface area contributed by atoms with Gasteiger partial charge in [0, 0.05) is 6.42 Å². The summed E-state index contributed by atoms with van der Waals surface area (Å²) in [4.78, 5) is 29.5. The first-order valence-corrected chi connectivity index (χ1v) is 19.0. The molecule has 4 fully saturated rings. The molecular weight excluding hydrogens is 678 g/mol. The Morgan fingerprint density at radius 2 is 1.29 bits per heavy atom. The number of benzene rings is 3. The fraction of sp³-hybridized carbons (Fsp3) is 0.459. The van der Waals surface area contributed by atoms with Gasteiger partial charge in [-0.15, -0.1) is 0 Å². The molecule has 7 rings (SSSR count). The van der Waals surface area contributed by atoms with Gasteiger partial charge in [-0.2, -0.15) is 13.2 Å². The van der Waals surface area contributed by atoms with Crippen molar-refractivity contribution in [2.45, 2.75) is 97.6 Å². The van der Waals surface area contributed by atoms with Crippen molar-refractivity contribution in [3.8, 4) is 0 Å². The molecule has 12 heteroatoms. The monoisotopic (exact) mass is 718 g/mol. The number of ether oxygens (including phenoxy) is 2. The second-order valence-electron chi connectivity index (χ2n) is 14.0. The summed E-state index contributed by atoms with van der Waals surface area (Å²) in [5, 5.41) is -5.39. The van der Waals surface area contributed by atoms with E-state index in [9.17, 15) is 35.7 Å². The molecule has 264 valence electrons. The van der Waals surface area contributed by atoms with Crippen LogP contribution in [-0.4, -0.2) is 42.1 Å². The molecule has 3 aromatic carbocycles. The first-order chi connectivity index (χ1) is 23.0. The van der Waals surface area contributed by atoms with Crippen LogP contribution in [0.5, 0.6) is 0 Å². The number of halogens is 3. The summed E-state index contributed by atoms with van der Waals surface area (Å²) in [6.45, 7) is 5.31. The molecule has 49 heavy (non-hydrogen) atoms. The third kappa shape index (κ3) is 7.86. The van der Waals surface area contributed by atoms with Gasteiger partial charge < -0.3 is 14.0 Å². The van der Waals surface area contributed by atoms with Gasteiger partial charge >= 0.3 is 23.6 Å². The van der Waals surface area contributed by atoms with Gasteiger partial charge in [-0.05, 0) is 101 Å². The predicted octanol–water partition coefficient (Wildman–Crippen LogP) is 8.06. The van der Waals surface area contributed by atoms with E-state index >= 15 is 0 Å². The molecule has 4 saturated carbocycles. The van der Waals surface area contributed by atoms with Crippen LogP contribution in [0.4, 0.5) is 13.2 Å². The molecular formula is C37H41F3O7S2.